The molecule has 0 aliphatic rings. The van der Waals surface area contributed by atoms with Crippen LogP contribution in [0.4, 0.5) is 5.13 Å². The lowest BCUT2D eigenvalue weighted by Crippen LogP contribution is -2.25. The maximum Gasteiger partial charge on any atom is 0.286 e. The van der Waals surface area contributed by atoms with Gasteiger partial charge in [-0.05, 0) is 36.2 Å². The zero-order chi connectivity index (χ0) is 19.8. The number of hydrogen-bond acceptors (Lipinski definition) is 6. The van der Waals surface area contributed by atoms with E-state index in [1.807, 2.05) is 12.1 Å². The van der Waals surface area contributed by atoms with Crippen molar-refractivity contribution in [3.63, 3.8) is 0 Å². The van der Waals surface area contributed by atoms with Crippen molar-refractivity contribution in [1.29, 1.82) is 5.26 Å². The van der Waals surface area contributed by atoms with E-state index < -0.39 is 0 Å². The summed E-state index contributed by atoms with van der Waals surface area (Å²) in [5.41, 5.74) is 1.70. The molecule has 0 aliphatic heterocycles. The number of carbonyl (C=O) groups excluding carboxylic acids is 2. The molecule has 8 heteroatoms. The molecule has 0 radical (unpaired) electrons. The van der Waals surface area contributed by atoms with E-state index in [1.54, 1.807) is 30.5 Å². The van der Waals surface area contributed by atoms with Crippen molar-refractivity contribution in [3.05, 3.63) is 70.6 Å². The van der Waals surface area contributed by atoms with E-state index >= 15 is 0 Å². The third kappa shape index (κ3) is 5.53. The van der Waals surface area contributed by atoms with Crippen molar-refractivity contribution in [2.45, 2.75) is 19.3 Å². The Hall–Kier alpha value is -3.44. The molecule has 142 valence electrons. The average molecular weight is 394 g/mol. The molecule has 1 aromatic carbocycles. The number of thiazole rings is 1. The van der Waals surface area contributed by atoms with Crippen LogP contribution in [0.3, 0.4) is 0 Å². The van der Waals surface area contributed by atoms with Crippen LogP contribution in [0.1, 0.15) is 39.4 Å². The fourth-order valence-corrected chi connectivity index (χ4v) is 3.34. The van der Waals surface area contributed by atoms with Gasteiger partial charge >= 0.3 is 0 Å². The van der Waals surface area contributed by atoms with Gasteiger partial charge in [-0.25, -0.2) is 4.98 Å². The van der Waals surface area contributed by atoms with Crippen molar-refractivity contribution >= 4 is 28.3 Å². The summed E-state index contributed by atoms with van der Waals surface area (Å²) in [5, 5.41) is 14.9. The molecule has 0 spiro atoms. The lowest BCUT2D eigenvalue weighted by molar-refractivity contribution is -0.116. The number of rotatable bonds is 8. The quantitative estimate of drug-likeness (QED) is 0.570. The van der Waals surface area contributed by atoms with Gasteiger partial charge in [0.15, 0.2) is 10.9 Å². The zero-order valence-corrected chi connectivity index (χ0v) is 15.8. The first-order valence-corrected chi connectivity index (χ1v) is 9.51. The Morgan fingerprint density at radius 1 is 1.21 bits per heavy atom. The molecule has 2 N–H and O–H groups in total. The molecular weight excluding hydrogens is 376 g/mol. The van der Waals surface area contributed by atoms with Crippen molar-refractivity contribution in [1.82, 2.24) is 10.3 Å². The minimum atomic E-state index is -0.294. The summed E-state index contributed by atoms with van der Waals surface area (Å²) in [5.74, 6) is -0.189. The maximum absolute atomic E-state index is 12.0. The third-order valence-electron chi connectivity index (χ3n) is 3.87. The number of nitriles is 1. The van der Waals surface area contributed by atoms with Crippen LogP contribution >= 0.6 is 11.3 Å². The largest absolute Gasteiger partial charge is 0.459 e. The van der Waals surface area contributed by atoms with Gasteiger partial charge < -0.3 is 15.1 Å². The summed E-state index contributed by atoms with van der Waals surface area (Å²) in [6.07, 6.45) is 4.66. The van der Waals surface area contributed by atoms with E-state index in [2.05, 4.69) is 21.7 Å². The Morgan fingerprint density at radius 3 is 2.75 bits per heavy atom. The normalized spacial score (nSPS) is 10.2. The van der Waals surface area contributed by atoms with Gasteiger partial charge in [0, 0.05) is 30.5 Å². The first-order chi connectivity index (χ1) is 13.6. The number of amides is 2. The van der Waals surface area contributed by atoms with E-state index in [1.165, 1.54) is 17.6 Å². The topological polar surface area (TPSA) is 108 Å². The van der Waals surface area contributed by atoms with Gasteiger partial charge in [-0.3, -0.25) is 9.59 Å². The summed E-state index contributed by atoms with van der Waals surface area (Å²) < 4.78 is 5.00. The summed E-state index contributed by atoms with van der Waals surface area (Å²) in [4.78, 5) is 29.0. The Balaban J connectivity index is 1.39. The van der Waals surface area contributed by atoms with Gasteiger partial charge in [0.25, 0.3) is 5.91 Å². The smallest absolute Gasteiger partial charge is 0.286 e. The zero-order valence-electron chi connectivity index (χ0n) is 15.0. The van der Waals surface area contributed by atoms with Crippen LogP contribution in [0, 0.1) is 11.3 Å². The number of anilines is 1. The van der Waals surface area contributed by atoms with Crippen molar-refractivity contribution in [2.75, 3.05) is 11.9 Å². The summed E-state index contributed by atoms with van der Waals surface area (Å²) in [7, 11) is 0. The Labute approximate surface area is 166 Å². The SMILES string of the molecule is N#Cc1ccc(Cc2cnc(NC(=O)CCCNC(=O)c3ccco3)s2)cc1. The lowest BCUT2D eigenvalue weighted by atomic mass is 10.1. The standard InChI is InChI=1S/C20H18N4O3S/c21-12-15-7-5-14(6-8-15)11-16-13-23-20(28-16)24-18(25)4-1-9-22-19(26)17-3-2-10-27-17/h2-3,5-8,10,13H,1,4,9,11H2,(H,22,26)(H,23,24,25). The van der Waals surface area contributed by atoms with Crippen LogP contribution in [-0.4, -0.2) is 23.3 Å². The van der Waals surface area contributed by atoms with Crippen molar-refractivity contribution in [3.8, 4) is 6.07 Å². The van der Waals surface area contributed by atoms with E-state index in [4.69, 9.17) is 9.68 Å². The van der Waals surface area contributed by atoms with Crippen LogP contribution in [0.15, 0.2) is 53.3 Å². The van der Waals surface area contributed by atoms with Gasteiger partial charge in [-0.15, -0.1) is 11.3 Å². The number of aromatic nitrogens is 1. The van der Waals surface area contributed by atoms with Gasteiger partial charge in [0.1, 0.15) is 0 Å². The predicted molar refractivity (Wildman–Crippen MR) is 105 cm³/mol. The average Bonchev–Trinajstić information content (AvgIpc) is 3.38. The summed E-state index contributed by atoms with van der Waals surface area (Å²) in [6.45, 7) is 0.384. The Kier molecular flexibility index (Phi) is 6.54. The minimum absolute atomic E-state index is 0.147. The second kappa shape index (κ2) is 9.48. The highest BCUT2D eigenvalue weighted by molar-refractivity contribution is 7.15. The molecular formula is C20H18N4O3S. The molecule has 3 rings (SSSR count). The molecule has 0 aliphatic carbocycles. The van der Waals surface area contributed by atoms with Gasteiger partial charge in [0.2, 0.25) is 5.91 Å². The number of nitrogens with zero attached hydrogens (tertiary/aromatic N) is 2. The minimum Gasteiger partial charge on any atom is -0.459 e. The first-order valence-electron chi connectivity index (χ1n) is 8.69. The highest BCUT2D eigenvalue weighted by atomic mass is 32.1. The monoisotopic (exact) mass is 394 g/mol. The van der Waals surface area contributed by atoms with Crippen LogP contribution in [-0.2, 0) is 11.2 Å². The maximum atomic E-state index is 12.0. The van der Waals surface area contributed by atoms with Gasteiger partial charge in [-0.1, -0.05) is 12.1 Å². The molecule has 0 saturated carbocycles. The van der Waals surface area contributed by atoms with Crippen LogP contribution < -0.4 is 10.6 Å². The molecule has 2 aromatic heterocycles. The highest BCUT2D eigenvalue weighted by Gasteiger charge is 2.10. The molecule has 0 saturated heterocycles. The summed E-state index contributed by atoms with van der Waals surface area (Å²) >= 11 is 1.42. The second-order valence-electron chi connectivity index (χ2n) is 6.00. The van der Waals surface area contributed by atoms with E-state index in [0.29, 0.717) is 30.1 Å². The lowest BCUT2D eigenvalue weighted by Gasteiger charge is -2.03. The van der Waals surface area contributed by atoms with E-state index in [9.17, 15) is 9.59 Å². The van der Waals surface area contributed by atoms with Crippen LogP contribution in [0.25, 0.3) is 0 Å². The molecule has 7 nitrogen and oxygen atoms in total. The van der Waals surface area contributed by atoms with Crippen LogP contribution in [0.2, 0.25) is 0 Å². The fraction of sp³-hybridized carbons (Fsp3) is 0.200. The van der Waals surface area contributed by atoms with Gasteiger partial charge in [0.05, 0.1) is 17.9 Å². The molecule has 0 atom stereocenters. The molecule has 2 heterocycles. The first kappa shape index (κ1) is 19.3. The van der Waals surface area contributed by atoms with Crippen LogP contribution in [0.5, 0.6) is 0 Å². The number of carbonyl (C=O) groups is 2. The number of furan rings is 1. The van der Waals surface area contributed by atoms with Crippen molar-refractivity contribution < 1.29 is 14.0 Å². The third-order valence-corrected chi connectivity index (χ3v) is 4.79. The van der Waals surface area contributed by atoms with E-state index in [-0.39, 0.29) is 24.0 Å². The molecule has 28 heavy (non-hydrogen) atoms. The van der Waals surface area contributed by atoms with Gasteiger partial charge in [-0.2, -0.15) is 5.26 Å². The molecule has 0 unspecified atom stereocenters. The predicted octanol–water partition coefficient (Wildman–Crippen LogP) is 3.35. The number of hydrogen-bond donors (Lipinski definition) is 2. The number of nitrogens with one attached hydrogen (secondary N) is 2. The highest BCUT2D eigenvalue weighted by Crippen LogP contribution is 2.21. The molecule has 0 bridgehead atoms. The fourth-order valence-electron chi connectivity index (χ4n) is 2.47. The second-order valence-corrected chi connectivity index (χ2v) is 7.12. The molecule has 2 amide bonds. The van der Waals surface area contributed by atoms with E-state index in [0.717, 1.165) is 10.4 Å². The van der Waals surface area contributed by atoms with Crippen molar-refractivity contribution in [2.24, 2.45) is 0 Å². The Morgan fingerprint density at radius 2 is 2.04 bits per heavy atom. The number of benzene rings is 1. The molecule has 3 aromatic rings. The Bertz CT molecular complexity index is 972. The molecule has 0 fully saturated rings. The summed E-state index contributed by atoms with van der Waals surface area (Å²) in [6, 6.07) is 12.7.